The third-order valence-electron chi connectivity index (χ3n) is 5.06. The Morgan fingerprint density at radius 2 is 1.76 bits per heavy atom. The molecule has 0 spiro atoms. The Bertz CT molecular complexity index is 439. The molecule has 0 aliphatic carbocycles. The average molecular weight is 348 g/mol. The molecule has 142 valence electrons. The molecule has 25 heavy (non-hydrogen) atoms. The maximum atomic E-state index is 5.85. The summed E-state index contributed by atoms with van der Waals surface area (Å²) in [4.78, 5) is 5.01. The molecule has 0 amide bonds. The van der Waals surface area contributed by atoms with E-state index in [9.17, 15) is 0 Å². The SMILES string of the molecule is CCN(CC)CCCOc1ccc(CNCCCN2CCCC2)cc1. The molecular formula is C21H37N3O. The normalized spacial score (nSPS) is 15.2. The van der Waals surface area contributed by atoms with Crippen LogP contribution in [-0.4, -0.2) is 62.2 Å². The Morgan fingerprint density at radius 1 is 1.04 bits per heavy atom. The van der Waals surface area contributed by atoms with Crippen molar-refractivity contribution in [2.45, 2.75) is 46.1 Å². The minimum atomic E-state index is 0.796. The van der Waals surface area contributed by atoms with Crippen LogP contribution in [0.2, 0.25) is 0 Å². The Hall–Kier alpha value is -1.10. The highest BCUT2D eigenvalue weighted by Gasteiger charge is 2.09. The summed E-state index contributed by atoms with van der Waals surface area (Å²) < 4.78 is 5.85. The Kier molecular flexibility index (Phi) is 9.93. The van der Waals surface area contributed by atoms with Crippen molar-refractivity contribution < 1.29 is 4.74 Å². The molecule has 1 aliphatic heterocycles. The van der Waals surface area contributed by atoms with Crippen LogP contribution in [0.15, 0.2) is 24.3 Å². The van der Waals surface area contributed by atoms with Crippen LogP contribution in [0.3, 0.4) is 0 Å². The molecule has 4 heteroatoms. The Morgan fingerprint density at radius 3 is 2.44 bits per heavy atom. The van der Waals surface area contributed by atoms with E-state index < -0.39 is 0 Å². The van der Waals surface area contributed by atoms with Gasteiger partial charge in [0.05, 0.1) is 6.61 Å². The fraction of sp³-hybridized carbons (Fsp3) is 0.714. The molecule has 1 heterocycles. The first kappa shape index (κ1) is 20.2. The van der Waals surface area contributed by atoms with E-state index in [2.05, 4.69) is 53.2 Å². The Labute approximate surface area is 154 Å². The van der Waals surface area contributed by atoms with E-state index >= 15 is 0 Å². The van der Waals surface area contributed by atoms with Crippen molar-refractivity contribution in [3.8, 4) is 5.75 Å². The van der Waals surface area contributed by atoms with Crippen LogP contribution in [0.4, 0.5) is 0 Å². The summed E-state index contributed by atoms with van der Waals surface area (Å²) in [6.45, 7) is 14.5. The number of nitrogens with zero attached hydrogens (tertiary/aromatic N) is 2. The van der Waals surface area contributed by atoms with Gasteiger partial charge in [-0.05, 0) is 82.6 Å². The van der Waals surface area contributed by atoms with Crippen molar-refractivity contribution in [2.24, 2.45) is 0 Å². The van der Waals surface area contributed by atoms with E-state index in [1.54, 1.807) is 0 Å². The lowest BCUT2D eigenvalue weighted by molar-refractivity contribution is 0.249. The molecule has 1 aromatic rings. The van der Waals surface area contributed by atoms with E-state index in [0.717, 1.165) is 51.5 Å². The molecular weight excluding hydrogens is 310 g/mol. The van der Waals surface area contributed by atoms with Crippen LogP contribution in [0.5, 0.6) is 5.75 Å². The van der Waals surface area contributed by atoms with E-state index in [0.29, 0.717) is 0 Å². The zero-order chi connectivity index (χ0) is 17.7. The molecule has 1 fully saturated rings. The van der Waals surface area contributed by atoms with Gasteiger partial charge in [0.1, 0.15) is 5.75 Å². The maximum absolute atomic E-state index is 5.85. The lowest BCUT2D eigenvalue weighted by Gasteiger charge is -2.17. The van der Waals surface area contributed by atoms with Gasteiger partial charge < -0.3 is 19.9 Å². The zero-order valence-corrected chi connectivity index (χ0v) is 16.3. The fourth-order valence-corrected chi connectivity index (χ4v) is 3.39. The van der Waals surface area contributed by atoms with E-state index in [4.69, 9.17) is 4.74 Å². The van der Waals surface area contributed by atoms with Crippen LogP contribution >= 0.6 is 0 Å². The molecule has 1 aliphatic rings. The summed E-state index contributed by atoms with van der Waals surface area (Å²) in [6.07, 6.45) is 5.10. The van der Waals surface area contributed by atoms with E-state index in [1.165, 1.54) is 44.5 Å². The average Bonchev–Trinajstić information content (AvgIpc) is 3.16. The van der Waals surface area contributed by atoms with Crippen molar-refractivity contribution in [1.29, 1.82) is 0 Å². The van der Waals surface area contributed by atoms with Crippen molar-refractivity contribution in [2.75, 3.05) is 52.4 Å². The first-order chi connectivity index (χ1) is 12.3. The Balaban J connectivity index is 1.53. The third kappa shape index (κ3) is 8.21. The molecule has 0 unspecified atom stereocenters. The first-order valence-corrected chi connectivity index (χ1v) is 10.2. The van der Waals surface area contributed by atoms with Gasteiger partial charge in [-0.1, -0.05) is 26.0 Å². The number of ether oxygens (including phenoxy) is 1. The third-order valence-corrected chi connectivity index (χ3v) is 5.06. The summed E-state index contributed by atoms with van der Waals surface area (Å²) in [5.41, 5.74) is 1.33. The number of benzene rings is 1. The maximum Gasteiger partial charge on any atom is 0.119 e. The number of nitrogens with one attached hydrogen (secondary N) is 1. The molecule has 1 saturated heterocycles. The van der Waals surface area contributed by atoms with Gasteiger partial charge in [0.2, 0.25) is 0 Å². The lowest BCUT2D eigenvalue weighted by atomic mass is 10.2. The summed E-state index contributed by atoms with van der Waals surface area (Å²) in [6, 6.07) is 8.54. The summed E-state index contributed by atoms with van der Waals surface area (Å²) in [5, 5.41) is 3.55. The first-order valence-electron chi connectivity index (χ1n) is 10.2. The summed E-state index contributed by atoms with van der Waals surface area (Å²) in [5.74, 6) is 0.984. The van der Waals surface area contributed by atoms with Gasteiger partial charge in [-0.2, -0.15) is 0 Å². The van der Waals surface area contributed by atoms with Gasteiger partial charge in [-0.15, -0.1) is 0 Å². The van der Waals surface area contributed by atoms with Crippen molar-refractivity contribution in [3.05, 3.63) is 29.8 Å². The zero-order valence-electron chi connectivity index (χ0n) is 16.3. The number of rotatable bonds is 13. The summed E-state index contributed by atoms with van der Waals surface area (Å²) in [7, 11) is 0. The van der Waals surface area contributed by atoms with Gasteiger partial charge in [-0.25, -0.2) is 0 Å². The van der Waals surface area contributed by atoms with Gasteiger partial charge in [0.15, 0.2) is 0 Å². The van der Waals surface area contributed by atoms with Crippen LogP contribution in [0.25, 0.3) is 0 Å². The second kappa shape index (κ2) is 12.3. The van der Waals surface area contributed by atoms with Gasteiger partial charge >= 0.3 is 0 Å². The molecule has 0 atom stereocenters. The molecule has 0 aromatic heterocycles. The van der Waals surface area contributed by atoms with E-state index in [1.807, 2.05) is 0 Å². The van der Waals surface area contributed by atoms with Crippen molar-refractivity contribution in [3.63, 3.8) is 0 Å². The predicted octanol–water partition coefficient (Wildman–Crippen LogP) is 3.37. The second-order valence-electron chi connectivity index (χ2n) is 6.95. The van der Waals surface area contributed by atoms with Crippen molar-refractivity contribution >= 4 is 0 Å². The van der Waals surface area contributed by atoms with Crippen LogP contribution in [0, 0.1) is 0 Å². The summed E-state index contributed by atoms with van der Waals surface area (Å²) >= 11 is 0. The monoisotopic (exact) mass is 347 g/mol. The highest BCUT2D eigenvalue weighted by Crippen LogP contribution is 2.12. The molecule has 0 bridgehead atoms. The number of hydrogen-bond acceptors (Lipinski definition) is 4. The highest BCUT2D eigenvalue weighted by atomic mass is 16.5. The molecule has 0 radical (unpaired) electrons. The highest BCUT2D eigenvalue weighted by molar-refractivity contribution is 5.27. The van der Waals surface area contributed by atoms with Gasteiger partial charge in [0, 0.05) is 13.1 Å². The standard InChI is InChI=1S/C21H37N3O/c1-3-23(4-2)17-8-18-25-21-11-9-20(10-12-21)19-22-13-7-16-24-14-5-6-15-24/h9-12,22H,3-8,13-19H2,1-2H3. The molecule has 1 aromatic carbocycles. The number of likely N-dealkylation sites (tertiary alicyclic amines) is 1. The van der Waals surface area contributed by atoms with Gasteiger partial charge in [-0.3, -0.25) is 0 Å². The molecule has 2 rings (SSSR count). The van der Waals surface area contributed by atoms with Crippen LogP contribution in [0.1, 0.15) is 45.1 Å². The smallest absolute Gasteiger partial charge is 0.119 e. The molecule has 4 nitrogen and oxygen atoms in total. The molecule has 1 N–H and O–H groups in total. The lowest BCUT2D eigenvalue weighted by Crippen LogP contribution is -2.25. The van der Waals surface area contributed by atoms with Gasteiger partial charge in [0.25, 0.3) is 0 Å². The largest absolute Gasteiger partial charge is 0.494 e. The minimum Gasteiger partial charge on any atom is -0.494 e. The van der Waals surface area contributed by atoms with E-state index in [-0.39, 0.29) is 0 Å². The second-order valence-corrected chi connectivity index (χ2v) is 6.95. The number of hydrogen-bond donors (Lipinski definition) is 1. The van der Waals surface area contributed by atoms with Crippen LogP contribution < -0.4 is 10.1 Å². The quantitative estimate of drug-likeness (QED) is 0.554. The fourth-order valence-electron chi connectivity index (χ4n) is 3.39. The minimum absolute atomic E-state index is 0.796. The van der Waals surface area contributed by atoms with Crippen molar-refractivity contribution in [1.82, 2.24) is 15.1 Å². The predicted molar refractivity (Wildman–Crippen MR) is 106 cm³/mol. The molecule has 0 saturated carbocycles. The van der Waals surface area contributed by atoms with Crippen LogP contribution in [-0.2, 0) is 6.54 Å². The topological polar surface area (TPSA) is 27.7 Å².